The summed E-state index contributed by atoms with van der Waals surface area (Å²) in [7, 11) is 0. The van der Waals surface area contributed by atoms with Crippen LogP contribution in [0.15, 0.2) is 0 Å². The number of hydrogen-bond acceptors (Lipinski definition) is 3. The SMILES string of the molecule is C#C[C@H]1CC[C@@H](C(=O)O)N1.C#C[C@H]1CC[C@@H](C)N1C(=O)CC.CCC(C)I. The smallest absolute Gasteiger partial charge is 0.320 e. The van der Waals surface area contributed by atoms with E-state index < -0.39 is 12.0 Å². The molecule has 152 valence electrons. The third-order valence-electron chi connectivity index (χ3n) is 4.66. The quantitative estimate of drug-likeness (QED) is 0.363. The zero-order valence-electron chi connectivity index (χ0n) is 16.9. The number of carbonyl (C=O) groups excluding carboxylic acids is 1. The Morgan fingerprint density at radius 1 is 1.22 bits per heavy atom. The molecule has 0 aromatic rings. The Kier molecular flexibility index (Phi) is 13.2. The van der Waals surface area contributed by atoms with Crippen LogP contribution in [0, 0.1) is 24.7 Å². The van der Waals surface area contributed by atoms with E-state index in [4.69, 9.17) is 18.0 Å². The van der Waals surface area contributed by atoms with Crippen LogP contribution in [0.25, 0.3) is 0 Å². The van der Waals surface area contributed by atoms with E-state index in [0.29, 0.717) is 18.9 Å². The molecule has 0 saturated carbocycles. The first-order valence-corrected chi connectivity index (χ1v) is 10.8. The Morgan fingerprint density at radius 3 is 2.15 bits per heavy atom. The number of carboxylic acid groups (broad SMARTS) is 1. The number of halogens is 1. The van der Waals surface area contributed by atoms with Crippen molar-refractivity contribution in [2.45, 2.75) is 94.3 Å². The van der Waals surface area contributed by atoms with Crippen LogP contribution in [-0.4, -0.2) is 50.0 Å². The molecule has 2 aliphatic heterocycles. The second-order valence-electron chi connectivity index (χ2n) is 6.81. The van der Waals surface area contributed by atoms with E-state index in [2.05, 4.69) is 60.5 Å². The highest BCUT2D eigenvalue weighted by Gasteiger charge is 2.31. The fourth-order valence-corrected chi connectivity index (χ4v) is 2.82. The minimum Gasteiger partial charge on any atom is -0.480 e. The zero-order chi connectivity index (χ0) is 21.0. The standard InChI is InChI=1S/C10H15NO.C7H9NO2.C4H9I/c1-4-9-7-6-8(3)11(9)10(12)5-2;1-2-5-3-4-6(8-5)7(9)10;1-3-4(2)5/h1,8-9H,5-7H2,2-3H3;1,5-6,8H,3-4H2,(H,9,10);4H,3H2,1-2H3/t8-,9+;5-,6-;/m10./s1. The van der Waals surface area contributed by atoms with E-state index in [1.807, 2.05) is 11.8 Å². The molecule has 1 unspecified atom stereocenters. The lowest BCUT2D eigenvalue weighted by Crippen LogP contribution is -2.38. The molecule has 2 N–H and O–H groups in total. The summed E-state index contributed by atoms with van der Waals surface area (Å²) < 4.78 is 0.854. The molecule has 1 amide bonds. The average Bonchev–Trinajstić information content (AvgIpc) is 3.28. The Balaban J connectivity index is 0.000000408. The number of rotatable bonds is 3. The molecule has 2 rings (SSSR count). The molecule has 0 spiro atoms. The summed E-state index contributed by atoms with van der Waals surface area (Å²) in [6.07, 6.45) is 15.7. The molecule has 2 fully saturated rings. The molecule has 5 atom stereocenters. The number of aliphatic carboxylic acids is 1. The first-order valence-electron chi connectivity index (χ1n) is 9.57. The number of terminal acetylenes is 2. The first kappa shape index (κ1) is 25.8. The summed E-state index contributed by atoms with van der Waals surface area (Å²) in [5.41, 5.74) is 0. The van der Waals surface area contributed by atoms with Crippen molar-refractivity contribution in [2.75, 3.05) is 0 Å². The average molecular weight is 488 g/mol. The van der Waals surface area contributed by atoms with Gasteiger partial charge in [-0.3, -0.25) is 14.9 Å². The Bertz CT molecular complexity index is 551. The third-order valence-corrected chi connectivity index (χ3v) is 5.54. The molecule has 0 aliphatic carbocycles. The largest absolute Gasteiger partial charge is 0.480 e. The highest BCUT2D eigenvalue weighted by molar-refractivity contribution is 14.1. The predicted octanol–water partition coefficient (Wildman–Crippen LogP) is 3.45. The van der Waals surface area contributed by atoms with E-state index in [1.165, 1.54) is 6.42 Å². The van der Waals surface area contributed by atoms with Crippen molar-refractivity contribution in [2.24, 2.45) is 0 Å². The number of nitrogens with one attached hydrogen (secondary N) is 1. The van der Waals surface area contributed by atoms with Gasteiger partial charge in [-0.2, -0.15) is 0 Å². The van der Waals surface area contributed by atoms with E-state index >= 15 is 0 Å². The molecular formula is C21H33IN2O3. The summed E-state index contributed by atoms with van der Waals surface area (Å²) in [4.78, 5) is 23.6. The molecular weight excluding hydrogens is 455 g/mol. The van der Waals surface area contributed by atoms with Gasteiger partial charge < -0.3 is 10.0 Å². The maximum atomic E-state index is 11.4. The van der Waals surface area contributed by atoms with Gasteiger partial charge in [-0.1, -0.05) is 55.2 Å². The Morgan fingerprint density at radius 2 is 1.81 bits per heavy atom. The van der Waals surface area contributed by atoms with Gasteiger partial charge in [0.15, 0.2) is 0 Å². The summed E-state index contributed by atoms with van der Waals surface area (Å²) in [5, 5.41) is 11.3. The lowest BCUT2D eigenvalue weighted by Gasteiger charge is -2.24. The number of carbonyl (C=O) groups is 2. The van der Waals surface area contributed by atoms with Crippen molar-refractivity contribution in [3.8, 4) is 24.7 Å². The van der Waals surface area contributed by atoms with Crippen LogP contribution in [0.2, 0.25) is 0 Å². The molecule has 6 heteroatoms. The Hall–Kier alpha value is -1.25. The van der Waals surface area contributed by atoms with E-state index in [-0.39, 0.29) is 18.0 Å². The van der Waals surface area contributed by atoms with Crippen molar-refractivity contribution in [1.29, 1.82) is 0 Å². The lowest BCUT2D eigenvalue weighted by atomic mass is 10.2. The second-order valence-corrected chi connectivity index (χ2v) is 8.93. The van der Waals surface area contributed by atoms with Crippen LogP contribution in [0.1, 0.15) is 66.2 Å². The minimum atomic E-state index is -0.808. The van der Waals surface area contributed by atoms with Crippen LogP contribution in [0.5, 0.6) is 0 Å². The van der Waals surface area contributed by atoms with E-state index in [9.17, 15) is 9.59 Å². The van der Waals surface area contributed by atoms with Gasteiger partial charge in [-0.25, -0.2) is 0 Å². The van der Waals surface area contributed by atoms with Gasteiger partial charge in [0.05, 0.1) is 12.1 Å². The van der Waals surface area contributed by atoms with Crippen molar-refractivity contribution in [1.82, 2.24) is 10.2 Å². The van der Waals surface area contributed by atoms with Gasteiger partial charge in [0.2, 0.25) is 5.91 Å². The van der Waals surface area contributed by atoms with Crippen LogP contribution in [0.4, 0.5) is 0 Å². The molecule has 0 aromatic carbocycles. The summed E-state index contributed by atoms with van der Waals surface area (Å²) in [5.74, 6) is 4.51. The first-order chi connectivity index (χ1) is 12.7. The van der Waals surface area contributed by atoms with Gasteiger partial charge in [-0.05, 0) is 39.0 Å². The molecule has 0 radical (unpaired) electrons. The monoisotopic (exact) mass is 488 g/mol. The van der Waals surface area contributed by atoms with Gasteiger partial charge >= 0.3 is 5.97 Å². The topological polar surface area (TPSA) is 69.6 Å². The number of amides is 1. The summed E-state index contributed by atoms with van der Waals surface area (Å²) >= 11 is 2.41. The molecule has 5 nitrogen and oxygen atoms in total. The van der Waals surface area contributed by atoms with Crippen LogP contribution >= 0.6 is 22.6 Å². The van der Waals surface area contributed by atoms with Gasteiger partial charge in [0.1, 0.15) is 6.04 Å². The van der Waals surface area contributed by atoms with Crippen molar-refractivity contribution < 1.29 is 14.7 Å². The Labute approximate surface area is 178 Å². The lowest BCUT2D eigenvalue weighted by molar-refractivity contribution is -0.139. The third kappa shape index (κ3) is 9.48. The zero-order valence-corrected chi connectivity index (χ0v) is 19.0. The number of alkyl halides is 1. The molecule has 2 saturated heterocycles. The number of hydrogen-bond donors (Lipinski definition) is 2. The summed E-state index contributed by atoms with van der Waals surface area (Å²) in [6.45, 7) is 8.34. The van der Waals surface area contributed by atoms with Crippen LogP contribution < -0.4 is 5.32 Å². The highest BCUT2D eigenvalue weighted by Crippen LogP contribution is 2.23. The molecule has 27 heavy (non-hydrogen) atoms. The van der Waals surface area contributed by atoms with E-state index in [1.54, 1.807) is 0 Å². The van der Waals surface area contributed by atoms with Gasteiger partial charge in [0, 0.05) is 16.4 Å². The van der Waals surface area contributed by atoms with Crippen LogP contribution in [-0.2, 0) is 9.59 Å². The molecule has 2 heterocycles. The number of likely N-dealkylation sites (tertiary alicyclic amines) is 1. The maximum absolute atomic E-state index is 11.4. The van der Waals surface area contributed by atoms with Gasteiger partial charge in [0.25, 0.3) is 0 Å². The highest BCUT2D eigenvalue weighted by atomic mass is 127. The molecule has 0 aromatic heterocycles. The van der Waals surface area contributed by atoms with Crippen molar-refractivity contribution in [3.05, 3.63) is 0 Å². The van der Waals surface area contributed by atoms with E-state index in [0.717, 1.165) is 23.2 Å². The number of carboxylic acids is 1. The van der Waals surface area contributed by atoms with Crippen molar-refractivity contribution in [3.63, 3.8) is 0 Å². The van der Waals surface area contributed by atoms with Gasteiger partial charge in [-0.15, -0.1) is 12.8 Å². The second kappa shape index (κ2) is 13.8. The maximum Gasteiger partial charge on any atom is 0.320 e. The summed E-state index contributed by atoms with van der Waals surface area (Å²) in [6, 6.07) is -0.0897. The van der Waals surface area contributed by atoms with Crippen molar-refractivity contribution >= 4 is 34.5 Å². The predicted molar refractivity (Wildman–Crippen MR) is 119 cm³/mol. The van der Waals surface area contributed by atoms with Crippen LogP contribution in [0.3, 0.4) is 0 Å². The molecule has 0 bridgehead atoms. The fraction of sp³-hybridized carbons (Fsp3) is 0.714. The fourth-order valence-electron chi connectivity index (χ4n) is 2.82. The number of nitrogens with zero attached hydrogens (tertiary/aromatic N) is 1. The normalized spacial score (nSPS) is 27.1. The molecule has 2 aliphatic rings. The minimum absolute atomic E-state index is 0.0406.